The van der Waals surface area contributed by atoms with Gasteiger partial charge in [0.15, 0.2) is 17.9 Å². The summed E-state index contributed by atoms with van der Waals surface area (Å²) in [5.74, 6) is -1.93. The first-order chi connectivity index (χ1) is 8.67. The number of nitrogens with zero attached hydrogens (tertiary/aromatic N) is 2. The zero-order valence-corrected chi connectivity index (χ0v) is 9.86. The van der Waals surface area contributed by atoms with Crippen LogP contribution in [0.1, 0.15) is 23.7 Å². The molecule has 1 aromatic heterocycles. The molecule has 0 saturated carbocycles. The average molecular weight is 250 g/mol. The molecule has 1 heterocycles. The molecule has 1 aromatic carbocycles. The highest BCUT2D eigenvalue weighted by atomic mass is 19.2. The van der Waals surface area contributed by atoms with E-state index in [9.17, 15) is 13.6 Å². The number of aldehydes is 1. The Morgan fingerprint density at radius 2 is 2.17 bits per heavy atom. The molecule has 3 nitrogen and oxygen atoms in total. The van der Waals surface area contributed by atoms with Crippen LogP contribution >= 0.6 is 0 Å². The fourth-order valence-corrected chi connectivity index (χ4v) is 1.76. The summed E-state index contributed by atoms with van der Waals surface area (Å²) in [7, 11) is 0. The monoisotopic (exact) mass is 250 g/mol. The normalized spacial score (nSPS) is 10.6. The van der Waals surface area contributed by atoms with Crippen molar-refractivity contribution in [3.63, 3.8) is 0 Å². The smallest absolute Gasteiger partial charge is 0.168 e. The molecule has 0 unspecified atom stereocenters. The fourth-order valence-electron chi connectivity index (χ4n) is 1.76. The van der Waals surface area contributed by atoms with Crippen molar-refractivity contribution in [2.75, 3.05) is 0 Å². The second-order valence-corrected chi connectivity index (χ2v) is 3.92. The number of aromatic nitrogens is 2. The van der Waals surface area contributed by atoms with Gasteiger partial charge < -0.3 is 0 Å². The molecule has 2 aromatic rings. The first kappa shape index (κ1) is 12.4. The lowest BCUT2D eigenvalue weighted by atomic mass is 10.1. The van der Waals surface area contributed by atoms with Crippen molar-refractivity contribution >= 4 is 6.29 Å². The molecule has 0 amide bonds. The number of carbonyl (C=O) groups is 1. The van der Waals surface area contributed by atoms with Crippen LogP contribution in [0.15, 0.2) is 24.4 Å². The molecule has 0 aliphatic carbocycles. The highest BCUT2D eigenvalue weighted by Gasteiger charge is 2.16. The van der Waals surface area contributed by atoms with Crippen LogP contribution in [0.25, 0.3) is 11.3 Å². The molecule has 5 heteroatoms. The van der Waals surface area contributed by atoms with Gasteiger partial charge in [0.1, 0.15) is 5.69 Å². The molecule has 18 heavy (non-hydrogen) atoms. The maximum absolute atomic E-state index is 13.7. The molecule has 0 N–H and O–H groups in total. The minimum atomic E-state index is -0.984. The van der Waals surface area contributed by atoms with Crippen molar-refractivity contribution < 1.29 is 13.6 Å². The molecule has 94 valence electrons. The van der Waals surface area contributed by atoms with Gasteiger partial charge in [-0.05, 0) is 18.6 Å². The summed E-state index contributed by atoms with van der Waals surface area (Å²) in [5.41, 5.74) is 0.440. The number of aryl methyl sites for hydroxylation is 1. The van der Waals surface area contributed by atoms with E-state index in [1.54, 1.807) is 4.68 Å². The Hall–Kier alpha value is -2.04. The third kappa shape index (κ3) is 2.16. The molecule has 0 spiro atoms. The minimum Gasteiger partial charge on any atom is -0.298 e. The SMILES string of the molecule is CCCn1cc(C=O)c(-c2cccc(F)c2F)n1. The third-order valence-corrected chi connectivity index (χ3v) is 2.58. The Balaban J connectivity index is 2.55. The quantitative estimate of drug-likeness (QED) is 0.782. The van der Waals surface area contributed by atoms with E-state index >= 15 is 0 Å². The van der Waals surface area contributed by atoms with E-state index in [0.717, 1.165) is 12.5 Å². The molecular formula is C13H12F2N2O. The van der Waals surface area contributed by atoms with Crippen molar-refractivity contribution in [1.29, 1.82) is 0 Å². The number of halogens is 2. The molecule has 0 atom stereocenters. The van der Waals surface area contributed by atoms with Crippen LogP contribution < -0.4 is 0 Å². The van der Waals surface area contributed by atoms with Crippen molar-refractivity contribution in [2.24, 2.45) is 0 Å². The molecule has 0 bridgehead atoms. The predicted octanol–water partition coefficient (Wildman–Crippen LogP) is 3.05. The van der Waals surface area contributed by atoms with Gasteiger partial charge in [-0.2, -0.15) is 5.10 Å². The first-order valence-corrected chi connectivity index (χ1v) is 5.64. The Labute approximate surface area is 103 Å². The van der Waals surface area contributed by atoms with E-state index < -0.39 is 11.6 Å². The third-order valence-electron chi connectivity index (χ3n) is 2.58. The Morgan fingerprint density at radius 3 is 2.83 bits per heavy atom. The van der Waals surface area contributed by atoms with E-state index in [-0.39, 0.29) is 16.8 Å². The van der Waals surface area contributed by atoms with Crippen LogP contribution in [0.5, 0.6) is 0 Å². The van der Waals surface area contributed by atoms with E-state index in [0.29, 0.717) is 12.8 Å². The number of hydrogen-bond donors (Lipinski definition) is 0. The second kappa shape index (κ2) is 5.08. The van der Waals surface area contributed by atoms with E-state index in [4.69, 9.17) is 0 Å². The van der Waals surface area contributed by atoms with Crippen LogP contribution in [-0.4, -0.2) is 16.1 Å². The van der Waals surface area contributed by atoms with Gasteiger partial charge in [0, 0.05) is 18.3 Å². The molecule has 2 rings (SSSR count). The molecular weight excluding hydrogens is 238 g/mol. The maximum Gasteiger partial charge on any atom is 0.168 e. The van der Waals surface area contributed by atoms with Crippen molar-refractivity contribution in [2.45, 2.75) is 19.9 Å². The lowest BCUT2D eigenvalue weighted by molar-refractivity contribution is 0.112. The zero-order valence-electron chi connectivity index (χ0n) is 9.86. The summed E-state index contributed by atoms with van der Waals surface area (Å²) >= 11 is 0. The number of carbonyl (C=O) groups excluding carboxylic acids is 1. The van der Waals surface area contributed by atoms with E-state index in [1.165, 1.54) is 18.3 Å². The van der Waals surface area contributed by atoms with Gasteiger partial charge in [0.2, 0.25) is 0 Å². The highest BCUT2D eigenvalue weighted by Crippen LogP contribution is 2.25. The summed E-state index contributed by atoms with van der Waals surface area (Å²) < 4.78 is 28.4. The number of rotatable bonds is 4. The van der Waals surface area contributed by atoms with Crippen molar-refractivity contribution in [3.05, 3.63) is 41.6 Å². The van der Waals surface area contributed by atoms with Gasteiger partial charge in [-0.25, -0.2) is 8.78 Å². The standard InChI is InChI=1S/C13H12F2N2O/c1-2-6-17-7-9(8-18)13(16-17)10-4-3-5-11(14)12(10)15/h3-5,7-8H,2,6H2,1H3. The van der Waals surface area contributed by atoms with Crippen LogP contribution in [0, 0.1) is 11.6 Å². The van der Waals surface area contributed by atoms with Gasteiger partial charge in [-0.15, -0.1) is 0 Å². The summed E-state index contributed by atoms with van der Waals surface area (Å²) in [6, 6.07) is 3.83. The summed E-state index contributed by atoms with van der Waals surface area (Å²) in [6.45, 7) is 2.59. The summed E-state index contributed by atoms with van der Waals surface area (Å²) in [4.78, 5) is 10.9. The van der Waals surface area contributed by atoms with Gasteiger partial charge in [0.05, 0.1) is 5.56 Å². The summed E-state index contributed by atoms with van der Waals surface area (Å²) in [5, 5.41) is 4.12. The topological polar surface area (TPSA) is 34.9 Å². The van der Waals surface area contributed by atoms with Crippen LogP contribution in [0.4, 0.5) is 8.78 Å². The lowest BCUT2D eigenvalue weighted by Crippen LogP contribution is -1.97. The molecule has 0 radical (unpaired) electrons. The van der Waals surface area contributed by atoms with Gasteiger partial charge in [-0.3, -0.25) is 9.48 Å². The average Bonchev–Trinajstić information content (AvgIpc) is 2.76. The van der Waals surface area contributed by atoms with E-state index in [2.05, 4.69) is 5.10 Å². The largest absolute Gasteiger partial charge is 0.298 e. The van der Waals surface area contributed by atoms with Gasteiger partial charge >= 0.3 is 0 Å². The highest BCUT2D eigenvalue weighted by molar-refractivity contribution is 5.85. The number of benzene rings is 1. The fraction of sp³-hybridized carbons (Fsp3) is 0.231. The zero-order chi connectivity index (χ0) is 13.1. The lowest BCUT2D eigenvalue weighted by Gasteiger charge is -2.01. The van der Waals surface area contributed by atoms with Crippen LogP contribution in [0.2, 0.25) is 0 Å². The minimum absolute atomic E-state index is 0.00644. The Bertz CT molecular complexity index is 578. The molecule has 0 saturated heterocycles. The second-order valence-electron chi connectivity index (χ2n) is 3.92. The summed E-state index contributed by atoms with van der Waals surface area (Å²) in [6.07, 6.45) is 2.97. The first-order valence-electron chi connectivity index (χ1n) is 5.64. The number of hydrogen-bond acceptors (Lipinski definition) is 2. The predicted molar refractivity (Wildman–Crippen MR) is 63.3 cm³/mol. The van der Waals surface area contributed by atoms with Gasteiger partial charge in [0.25, 0.3) is 0 Å². The van der Waals surface area contributed by atoms with Crippen LogP contribution in [-0.2, 0) is 6.54 Å². The van der Waals surface area contributed by atoms with Crippen LogP contribution in [0.3, 0.4) is 0 Å². The van der Waals surface area contributed by atoms with Crippen molar-refractivity contribution in [1.82, 2.24) is 9.78 Å². The maximum atomic E-state index is 13.7. The Kier molecular flexibility index (Phi) is 3.50. The molecule has 0 fully saturated rings. The molecule has 0 aliphatic heterocycles. The van der Waals surface area contributed by atoms with Crippen molar-refractivity contribution in [3.8, 4) is 11.3 Å². The molecule has 0 aliphatic rings. The Morgan fingerprint density at radius 1 is 1.39 bits per heavy atom. The van der Waals surface area contributed by atoms with E-state index in [1.807, 2.05) is 6.92 Å². The van der Waals surface area contributed by atoms with Gasteiger partial charge in [-0.1, -0.05) is 13.0 Å².